The van der Waals surface area contributed by atoms with Crippen LogP contribution in [0.1, 0.15) is 45.6 Å². The van der Waals surface area contributed by atoms with Crippen molar-refractivity contribution in [3.63, 3.8) is 0 Å². The van der Waals surface area contributed by atoms with Gasteiger partial charge in [0.25, 0.3) is 0 Å². The Kier molecular flexibility index (Phi) is 5.59. The summed E-state index contributed by atoms with van der Waals surface area (Å²) in [5, 5.41) is 3.09. The molecule has 0 saturated carbocycles. The summed E-state index contributed by atoms with van der Waals surface area (Å²) >= 11 is 0. The Hall–Kier alpha value is -1.39. The zero-order chi connectivity index (χ0) is 16.2. The minimum absolute atomic E-state index is 0.00712. The van der Waals surface area contributed by atoms with E-state index in [0.717, 1.165) is 19.3 Å². The van der Waals surface area contributed by atoms with Crippen LogP contribution < -0.4 is 11.1 Å². The number of nitrogens with two attached hydrogens (primary N) is 1. The van der Waals surface area contributed by atoms with E-state index in [9.17, 15) is 4.79 Å². The zero-order valence-electron chi connectivity index (χ0n) is 13.8. The van der Waals surface area contributed by atoms with Crippen molar-refractivity contribution >= 4 is 5.91 Å². The van der Waals surface area contributed by atoms with Crippen LogP contribution in [-0.2, 0) is 14.9 Å². The number of hydrogen-bond donors (Lipinski definition) is 2. The third kappa shape index (κ3) is 4.31. The predicted molar refractivity (Wildman–Crippen MR) is 88.6 cm³/mol. The minimum Gasteiger partial charge on any atom is -0.364 e. The molecule has 0 aromatic heterocycles. The first-order chi connectivity index (χ1) is 10.4. The first kappa shape index (κ1) is 17.0. The van der Waals surface area contributed by atoms with E-state index in [4.69, 9.17) is 10.5 Å². The van der Waals surface area contributed by atoms with Gasteiger partial charge in [0, 0.05) is 12.6 Å². The maximum Gasteiger partial charge on any atom is 0.249 e. The molecule has 0 bridgehead atoms. The van der Waals surface area contributed by atoms with Gasteiger partial charge >= 0.3 is 0 Å². The average Bonchev–Trinajstić information content (AvgIpc) is 2.96. The lowest BCUT2D eigenvalue weighted by atomic mass is 9.79. The Bertz CT molecular complexity index is 487. The van der Waals surface area contributed by atoms with E-state index in [1.54, 1.807) is 0 Å². The molecule has 4 nitrogen and oxygen atoms in total. The lowest BCUT2D eigenvalue weighted by Crippen LogP contribution is -2.42. The van der Waals surface area contributed by atoms with Gasteiger partial charge in [0.15, 0.2) is 0 Å². The fourth-order valence-electron chi connectivity index (χ4n) is 3.23. The predicted octanol–water partition coefficient (Wildman–Crippen LogP) is 2.37. The second-order valence-electron chi connectivity index (χ2n) is 6.92. The summed E-state index contributed by atoms with van der Waals surface area (Å²) in [7, 11) is 0. The van der Waals surface area contributed by atoms with Crippen molar-refractivity contribution in [2.24, 2.45) is 5.73 Å². The van der Waals surface area contributed by atoms with Crippen LogP contribution in [0.15, 0.2) is 30.3 Å². The minimum atomic E-state index is -0.337. The second-order valence-corrected chi connectivity index (χ2v) is 6.92. The van der Waals surface area contributed by atoms with Gasteiger partial charge < -0.3 is 15.8 Å². The van der Waals surface area contributed by atoms with Gasteiger partial charge in [-0.05, 0) is 37.2 Å². The monoisotopic (exact) mass is 304 g/mol. The summed E-state index contributed by atoms with van der Waals surface area (Å²) in [6.07, 6.45) is 2.22. The number of benzene rings is 1. The average molecular weight is 304 g/mol. The standard InChI is InChI=1S/C18H28N2O2/c1-13(11-18(2,3)14-7-5-4-6-8-14)20-17(21)16-10-9-15(12-19)22-16/h4-8,13,15-16H,9-12,19H2,1-3H3,(H,20,21)/t13?,15-,16+/m1/s1. The molecule has 0 spiro atoms. The molecule has 22 heavy (non-hydrogen) atoms. The second kappa shape index (κ2) is 7.25. The van der Waals surface area contributed by atoms with Crippen LogP contribution in [0, 0.1) is 0 Å². The number of hydrogen-bond acceptors (Lipinski definition) is 3. The van der Waals surface area contributed by atoms with Crippen LogP contribution in [0.25, 0.3) is 0 Å². The molecule has 1 aliphatic rings. The van der Waals surface area contributed by atoms with Crippen molar-refractivity contribution in [2.75, 3.05) is 6.54 Å². The zero-order valence-corrected chi connectivity index (χ0v) is 13.8. The molecule has 1 aromatic rings. The molecular weight excluding hydrogens is 276 g/mol. The van der Waals surface area contributed by atoms with Crippen LogP contribution >= 0.6 is 0 Å². The summed E-state index contributed by atoms with van der Waals surface area (Å²) in [6, 6.07) is 10.5. The van der Waals surface area contributed by atoms with Gasteiger partial charge in [0.1, 0.15) is 6.10 Å². The van der Waals surface area contributed by atoms with E-state index in [0.29, 0.717) is 6.54 Å². The maximum absolute atomic E-state index is 12.3. The van der Waals surface area contributed by atoms with Gasteiger partial charge in [0.05, 0.1) is 6.10 Å². The van der Waals surface area contributed by atoms with Crippen molar-refractivity contribution in [1.82, 2.24) is 5.32 Å². The van der Waals surface area contributed by atoms with Crippen LogP contribution in [0.3, 0.4) is 0 Å². The maximum atomic E-state index is 12.3. The SMILES string of the molecule is CC(CC(C)(C)c1ccccc1)NC(=O)[C@@H]1CC[C@H](CN)O1. The summed E-state index contributed by atoms with van der Waals surface area (Å²) in [5.41, 5.74) is 6.89. The molecule has 1 fully saturated rings. The molecule has 1 unspecified atom stereocenters. The van der Waals surface area contributed by atoms with Crippen molar-refractivity contribution < 1.29 is 9.53 Å². The van der Waals surface area contributed by atoms with Crippen molar-refractivity contribution in [1.29, 1.82) is 0 Å². The normalized spacial score (nSPS) is 23.3. The van der Waals surface area contributed by atoms with Crippen molar-refractivity contribution in [3.05, 3.63) is 35.9 Å². The largest absolute Gasteiger partial charge is 0.364 e. The van der Waals surface area contributed by atoms with E-state index in [1.807, 2.05) is 6.07 Å². The molecule has 1 amide bonds. The van der Waals surface area contributed by atoms with Gasteiger partial charge in [-0.15, -0.1) is 0 Å². The molecule has 1 heterocycles. The highest BCUT2D eigenvalue weighted by molar-refractivity contribution is 5.81. The smallest absolute Gasteiger partial charge is 0.249 e. The number of ether oxygens (including phenoxy) is 1. The fourth-order valence-corrected chi connectivity index (χ4v) is 3.23. The van der Waals surface area contributed by atoms with Crippen LogP contribution in [-0.4, -0.2) is 30.7 Å². The highest BCUT2D eigenvalue weighted by Gasteiger charge is 2.31. The third-order valence-corrected chi connectivity index (χ3v) is 4.42. The van der Waals surface area contributed by atoms with E-state index < -0.39 is 0 Å². The first-order valence-electron chi connectivity index (χ1n) is 8.14. The summed E-state index contributed by atoms with van der Waals surface area (Å²) in [4.78, 5) is 12.3. The Balaban J connectivity index is 1.87. The van der Waals surface area contributed by atoms with Gasteiger partial charge in [-0.1, -0.05) is 44.2 Å². The van der Waals surface area contributed by atoms with Gasteiger partial charge in [0.2, 0.25) is 5.91 Å². The van der Waals surface area contributed by atoms with Crippen molar-refractivity contribution in [3.8, 4) is 0 Å². The van der Waals surface area contributed by atoms with Crippen LogP contribution in [0.2, 0.25) is 0 Å². The molecule has 122 valence electrons. The highest BCUT2D eigenvalue weighted by atomic mass is 16.5. The molecule has 0 radical (unpaired) electrons. The summed E-state index contributed by atoms with van der Waals surface area (Å²) in [6.45, 7) is 6.96. The van der Waals surface area contributed by atoms with E-state index in [-0.39, 0.29) is 29.6 Å². The number of nitrogens with one attached hydrogen (secondary N) is 1. The molecule has 1 aromatic carbocycles. The van der Waals surface area contributed by atoms with E-state index in [2.05, 4.69) is 50.4 Å². The Morgan fingerprint density at radius 2 is 2.05 bits per heavy atom. The number of carbonyl (C=O) groups is 1. The molecule has 1 aliphatic heterocycles. The van der Waals surface area contributed by atoms with E-state index in [1.165, 1.54) is 5.56 Å². The molecular formula is C18H28N2O2. The summed E-state index contributed by atoms with van der Waals surface area (Å²) < 4.78 is 5.65. The first-order valence-corrected chi connectivity index (χ1v) is 8.14. The number of carbonyl (C=O) groups excluding carboxylic acids is 1. The van der Waals surface area contributed by atoms with E-state index >= 15 is 0 Å². The van der Waals surface area contributed by atoms with Gasteiger partial charge in [-0.2, -0.15) is 0 Å². The Morgan fingerprint density at radius 1 is 1.36 bits per heavy atom. The quantitative estimate of drug-likeness (QED) is 0.848. The van der Waals surface area contributed by atoms with Crippen molar-refractivity contribution in [2.45, 2.75) is 63.7 Å². The van der Waals surface area contributed by atoms with Gasteiger partial charge in [-0.25, -0.2) is 0 Å². The topological polar surface area (TPSA) is 64.4 Å². The van der Waals surface area contributed by atoms with Crippen LogP contribution in [0.4, 0.5) is 0 Å². The molecule has 4 heteroatoms. The lowest BCUT2D eigenvalue weighted by molar-refractivity contribution is -0.132. The molecule has 3 atom stereocenters. The van der Waals surface area contributed by atoms with Gasteiger partial charge in [-0.3, -0.25) is 4.79 Å². The lowest BCUT2D eigenvalue weighted by Gasteiger charge is -2.29. The van der Waals surface area contributed by atoms with Crippen LogP contribution in [0.5, 0.6) is 0 Å². The Labute approximate surface area is 133 Å². The fraction of sp³-hybridized carbons (Fsp3) is 0.611. The molecule has 3 N–H and O–H groups in total. The Morgan fingerprint density at radius 3 is 2.64 bits per heavy atom. The third-order valence-electron chi connectivity index (χ3n) is 4.42. The molecule has 0 aliphatic carbocycles. The molecule has 1 saturated heterocycles. The molecule has 2 rings (SSSR count). The number of rotatable bonds is 6. The number of amides is 1. The summed E-state index contributed by atoms with van der Waals surface area (Å²) in [5.74, 6) is -0.00712. The highest BCUT2D eigenvalue weighted by Crippen LogP contribution is 2.28.